The number of hydrogen-bond acceptors (Lipinski definition) is 6. The summed E-state index contributed by atoms with van der Waals surface area (Å²) in [5.74, 6) is -0.492. The fourth-order valence-electron chi connectivity index (χ4n) is 3.47. The van der Waals surface area contributed by atoms with Crippen LogP contribution in [0.4, 0.5) is 5.69 Å². The van der Waals surface area contributed by atoms with E-state index in [2.05, 4.69) is 12.2 Å². The van der Waals surface area contributed by atoms with Gasteiger partial charge < -0.3 is 14.8 Å². The first-order chi connectivity index (χ1) is 14.8. The number of benzene rings is 2. The zero-order valence-corrected chi connectivity index (χ0v) is 18.6. The highest BCUT2D eigenvalue weighted by Crippen LogP contribution is 2.28. The summed E-state index contributed by atoms with van der Waals surface area (Å²) in [7, 11) is -1.09. The monoisotopic (exact) mass is 446 g/mol. The Morgan fingerprint density at radius 1 is 1.03 bits per heavy atom. The number of anilines is 1. The largest absolute Gasteiger partial charge is 0.496 e. The summed E-state index contributed by atoms with van der Waals surface area (Å²) < 4.78 is 37.7. The molecule has 0 atom stereocenters. The van der Waals surface area contributed by atoms with Gasteiger partial charge in [0.25, 0.3) is 5.91 Å². The summed E-state index contributed by atoms with van der Waals surface area (Å²) in [4.78, 5) is 25.0. The first-order valence-electron chi connectivity index (χ1n) is 9.94. The summed E-state index contributed by atoms with van der Waals surface area (Å²) in [6.45, 7) is 3.00. The lowest BCUT2D eigenvalue weighted by molar-refractivity contribution is 0.0602. The molecule has 166 valence electrons. The number of ether oxygens (including phenoxy) is 2. The molecule has 3 rings (SSSR count). The Balaban J connectivity index is 1.93. The molecule has 1 amide bonds. The number of esters is 1. The number of hydrogen-bond donors (Lipinski definition) is 1. The fourth-order valence-corrected chi connectivity index (χ4v) is 4.97. The molecule has 31 heavy (non-hydrogen) atoms. The molecule has 1 fully saturated rings. The first-order valence-corrected chi connectivity index (χ1v) is 11.4. The molecular weight excluding hydrogens is 420 g/mol. The van der Waals surface area contributed by atoms with Gasteiger partial charge in [0, 0.05) is 13.1 Å². The molecule has 0 unspecified atom stereocenters. The van der Waals surface area contributed by atoms with Crippen molar-refractivity contribution in [3.05, 3.63) is 53.6 Å². The summed E-state index contributed by atoms with van der Waals surface area (Å²) in [6, 6.07) is 10.6. The predicted molar refractivity (Wildman–Crippen MR) is 116 cm³/mol. The van der Waals surface area contributed by atoms with E-state index in [4.69, 9.17) is 9.47 Å². The molecule has 1 N–H and O–H groups in total. The summed E-state index contributed by atoms with van der Waals surface area (Å²) in [5, 5.41) is 2.65. The minimum absolute atomic E-state index is 0.0225. The maximum atomic E-state index is 13.1. The lowest BCUT2D eigenvalue weighted by Gasteiger charge is -2.29. The Labute approximate surface area is 182 Å². The zero-order chi connectivity index (χ0) is 22.6. The normalized spacial score (nSPS) is 15.3. The molecule has 1 aliphatic rings. The van der Waals surface area contributed by atoms with E-state index in [0.717, 1.165) is 12.8 Å². The van der Waals surface area contributed by atoms with Crippen molar-refractivity contribution in [2.75, 3.05) is 32.6 Å². The van der Waals surface area contributed by atoms with Crippen LogP contribution in [0.25, 0.3) is 0 Å². The van der Waals surface area contributed by atoms with Crippen LogP contribution in [0.1, 0.15) is 40.5 Å². The molecule has 8 nitrogen and oxygen atoms in total. The van der Waals surface area contributed by atoms with Crippen LogP contribution in [0.15, 0.2) is 47.4 Å². The maximum absolute atomic E-state index is 13.1. The minimum Gasteiger partial charge on any atom is -0.496 e. The van der Waals surface area contributed by atoms with Crippen molar-refractivity contribution in [3.63, 3.8) is 0 Å². The van der Waals surface area contributed by atoms with E-state index in [9.17, 15) is 18.0 Å². The average molecular weight is 447 g/mol. The number of carbonyl (C=O) groups is 2. The van der Waals surface area contributed by atoms with Gasteiger partial charge in [-0.05, 0) is 49.1 Å². The van der Waals surface area contributed by atoms with Crippen molar-refractivity contribution in [1.29, 1.82) is 0 Å². The van der Waals surface area contributed by atoms with E-state index in [1.165, 1.54) is 42.8 Å². The van der Waals surface area contributed by atoms with Crippen LogP contribution in [0, 0.1) is 5.92 Å². The van der Waals surface area contributed by atoms with Crippen molar-refractivity contribution < 1.29 is 27.5 Å². The molecule has 0 spiro atoms. The third kappa shape index (κ3) is 4.88. The average Bonchev–Trinajstić information content (AvgIpc) is 2.78. The zero-order valence-electron chi connectivity index (χ0n) is 17.8. The number of carbonyl (C=O) groups excluding carboxylic acids is 2. The molecule has 1 saturated heterocycles. The van der Waals surface area contributed by atoms with Gasteiger partial charge >= 0.3 is 5.97 Å². The predicted octanol–water partition coefficient (Wildman–Crippen LogP) is 3.15. The molecule has 1 heterocycles. The second-order valence-electron chi connectivity index (χ2n) is 7.44. The van der Waals surface area contributed by atoms with Crippen LogP contribution in [-0.4, -0.2) is 51.9 Å². The maximum Gasteiger partial charge on any atom is 0.339 e. The van der Waals surface area contributed by atoms with E-state index in [1.54, 1.807) is 18.2 Å². The highest BCUT2D eigenvalue weighted by atomic mass is 32.2. The quantitative estimate of drug-likeness (QED) is 0.684. The molecule has 2 aromatic carbocycles. The van der Waals surface area contributed by atoms with E-state index in [0.29, 0.717) is 19.0 Å². The van der Waals surface area contributed by atoms with Crippen molar-refractivity contribution in [3.8, 4) is 5.75 Å². The highest BCUT2D eigenvalue weighted by Gasteiger charge is 2.29. The Morgan fingerprint density at radius 3 is 2.35 bits per heavy atom. The number of nitrogens with zero attached hydrogens (tertiary/aromatic N) is 1. The number of amides is 1. The Hall–Kier alpha value is -2.91. The molecule has 0 aliphatic carbocycles. The number of piperidine rings is 1. The van der Waals surface area contributed by atoms with Gasteiger partial charge in [-0.2, -0.15) is 4.31 Å². The lowest BCUT2D eigenvalue weighted by atomic mass is 10.0. The number of methoxy groups -OCH3 is 2. The lowest BCUT2D eigenvalue weighted by Crippen LogP contribution is -2.38. The number of rotatable bonds is 6. The van der Waals surface area contributed by atoms with Gasteiger partial charge in [-0.3, -0.25) is 4.79 Å². The van der Waals surface area contributed by atoms with Gasteiger partial charge in [-0.1, -0.05) is 19.1 Å². The SMILES string of the molecule is COC(=O)c1ccccc1NC(=O)c1cc(S(=O)(=O)N2CCC(C)CC2)ccc1OC. The van der Waals surface area contributed by atoms with Crippen LogP contribution >= 0.6 is 0 Å². The van der Waals surface area contributed by atoms with E-state index in [-0.39, 0.29) is 27.5 Å². The van der Waals surface area contributed by atoms with Crippen LogP contribution in [0.2, 0.25) is 0 Å². The van der Waals surface area contributed by atoms with Crippen LogP contribution in [0.3, 0.4) is 0 Å². The highest BCUT2D eigenvalue weighted by molar-refractivity contribution is 7.89. The number of sulfonamides is 1. The number of nitrogens with one attached hydrogen (secondary N) is 1. The molecular formula is C22H26N2O6S. The van der Waals surface area contributed by atoms with Gasteiger partial charge in [0.1, 0.15) is 5.75 Å². The Kier molecular flexibility index (Phi) is 6.97. The van der Waals surface area contributed by atoms with Crippen LogP contribution in [-0.2, 0) is 14.8 Å². The van der Waals surface area contributed by atoms with Crippen LogP contribution < -0.4 is 10.1 Å². The van der Waals surface area contributed by atoms with E-state index < -0.39 is 21.9 Å². The second-order valence-corrected chi connectivity index (χ2v) is 9.38. The van der Waals surface area contributed by atoms with E-state index in [1.807, 2.05) is 0 Å². The minimum atomic E-state index is -3.74. The molecule has 0 saturated carbocycles. The molecule has 2 aromatic rings. The number of para-hydroxylation sites is 1. The van der Waals surface area contributed by atoms with Gasteiger partial charge in [0.2, 0.25) is 10.0 Å². The summed E-state index contributed by atoms with van der Waals surface area (Å²) in [6.07, 6.45) is 1.60. The first kappa shape index (κ1) is 22.8. The van der Waals surface area contributed by atoms with Crippen molar-refractivity contribution >= 4 is 27.6 Å². The van der Waals surface area contributed by atoms with Gasteiger partial charge in [-0.25, -0.2) is 13.2 Å². The van der Waals surface area contributed by atoms with E-state index >= 15 is 0 Å². The van der Waals surface area contributed by atoms with Crippen molar-refractivity contribution in [1.82, 2.24) is 4.31 Å². The molecule has 0 bridgehead atoms. The summed E-state index contributed by atoms with van der Waals surface area (Å²) in [5.41, 5.74) is 0.483. The molecule has 0 aromatic heterocycles. The van der Waals surface area contributed by atoms with Gasteiger partial charge in [0.05, 0.1) is 35.9 Å². The van der Waals surface area contributed by atoms with Crippen LogP contribution in [0.5, 0.6) is 5.75 Å². The fraction of sp³-hybridized carbons (Fsp3) is 0.364. The third-order valence-corrected chi connectivity index (χ3v) is 7.27. The molecule has 0 radical (unpaired) electrons. The summed E-state index contributed by atoms with van der Waals surface area (Å²) >= 11 is 0. The van der Waals surface area contributed by atoms with Crippen molar-refractivity contribution in [2.24, 2.45) is 5.92 Å². The van der Waals surface area contributed by atoms with Crippen molar-refractivity contribution in [2.45, 2.75) is 24.7 Å². The standard InChI is InChI=1S/C22H26N2O6S/c1-15-10-12-24(13-11-15)31(27,28)16-8-9-20(29-2)18(14-16)21(25)23-19-7-5-4-6-17(19)22(26)30-3/h4-9,14-15H,10-13H2,1-3H3,(H,23,25). The Bertz CT molecular complexity index is 1080. The smallest absolute Gasteiger partial charge is 0.339 e. The second kappa shape index (κ2) is 9.49. The van der Waals surface area contributed by atoms with Gasteiger partial charge in [-0.15, -0.1) is 0 Å². The van der Waals surface area contributed by atoms with Gasteiger partial charge in [0.15, 0.2) is 0 Å². The third-order valence-electron chi connectivity index (χ3n) is 5.38. The molecule has 9 heteroatoms. The molecule has 1 aliphatic heterocycles. The topological polar surface area (TPSA) is 102 Å². The Morgan fingerprint density at radius 2 is 1.71 bits per heavy atom.